The first-order valence-corrected chi connectivity index (χ1v) is 11.9. The van der Waals surface area contributed by atoms with Crippen LogP contribution in [0.25, 0.3) is 0 Å². The van der Waals surface area contributed by atoms with E-state index in [0.29, 0.717) is 0 Å². The number of hydrogen-bond donors (Lipinski definition) is 0. The van der Waals surface area contributed by atoms with E-state index in [2.05, 4.69) is 13.8 Å². The van der Waals surface area contributed by atoms with Crippen LogP contribution in [-0.4, -0.2) is 6.69 Å². The minimum Gasteiger partial charge on any atom is -0.146 e. The Morgan fingerprint density at radius 1 is 0.588 bits per heavy atom. The van der Waals surface area contributed by atoms with E-state index in [0.717, 1.165) is 12.1 Å². The number of rotatable bonds is 12. The third-order valence-electron chi connectivity index (χ3n) is 3.29. The Bertz CT molecular complexity index is 160. The van der Waals surface area contributed by atoms with Crippen LogP contribution in [0.2, 0.25) is 12.1 Å². The van der Waals surface area contributed by atoms with Gasteiger partial charge in [-0.15, -0.1) is 22.2 Å². The highest BCUT2D eigenvalue weighted by molar-refractivity contribution is 7.45. The van der Waals surface area contributed by atoms with Crippen molar-refractivity contribution in [2.24, 2.45) is 0 Å². The Balaban J connectivity index is 3.37. The standard InChI is InChI=1S/C14H30Cl2Si/c1-3-5-7-9-10-12-14-17(15,16)13-11-8-6-4-2/h3-14H2,1-2H3. The third-order valence-corrected chi connectivity index (χ3v) is 7.73. The first-order valence-electron chi connectivity index (χ1n) is 7.50. The molecular weight excluding hydrogens is 267 g/mol. The van der Waals surface area contributed by atoms with Gasteiger partial charge >= 0.3 is 0 Å². The molecule has 17 heavy (non-hydrogen) atoms. The van der Waals surface area contributed by atoms with Crippen LogP contribution in [0.5, 0.6) is 0 Å². The SMILES string of the molecule is CCCCCCCC[Si](Cl)(Cl)CCCCCC. The average Bonchev–Trinajstić information content (AvgIpc) is 2.29. The zero-order valence-electron chi connectivity index (χ0n) is 11.7. The van der Waals surface area contributed by atoms with E-state index in [1.54, 1.807) is 0 Å². The summed E-state index contributed by atoms with van der Waals surface area (Å²) in [7, 11) is 0. The molecule has 0 aliphatic carbocycles. The second kappa shape index (κ2) is 11.9. The highest BCUT2D eigenvalue weighted by Crippen LogP contribution is 2.30. The zero-order valence-corrected chi connectivity index (χ0v) is 14.3. The molecule has 0 aromatic rings. The Morgan fingerprint density at radius 3 is 1.41 bits per heavy atom. The molecule has 0 unspecified atom stereocenters. The summed E-state index contributed by atoms with van der Waals surface area (Å²) in [5, 5.41) is 0. The first-order chi connectivity index (χ1) is 8.12. The van der Waals surface area contributed by atoms with Gasteiger partial charge in [0.05, 0.1) is 0 Å². The van der Waals surface area contributed by atoms with Gasteiger partial charge in [-0.1, -0.05) is 78.1 Å². The Labute approximate surface area is 119 Å². The van der Waals surface area contributed by atoms with E-state index >= 15 is 0 Å². The van der Waals surface area contributed by atoms with Crippen LogP contribution in [0.3, 0.4) is 0 Å². The van der Waals surface area contributed by atoms with Crippen LogP contribution < -0.4 is 0 Å². The Kier molecular flexibility index (Phi) is 12.4. The van der Waals surface area contributed by atoms with E-state index in [-0.39, 0.29) is 0 Å². The van der Waals surface area contributed by atoms with Crippen LogP contribution >= 0.6 is 22.2 Å². The number of halogens is 2. The molecule has 0 aromatic heterocycles. The van der Waals surface area contributed by atoms with Gasteiger partial charge in [0, 0.05) is 0 Å². The summed E-state index contributed by atoms with van der Waals surface area (Å²) < 4.78 is 0. The second-order valence-electron chi connectivity index (χ2n) is 5.18. The van der Waals surface area contributed by atoms with Crippen molar-refractivity contribution >= 4 is 28.9 Å². The van der Waals surface area contributed by atoms with Crippen LogP contribution in [0.1, 0.15) is 78.1 Å². The predicted octanol–water partition coefficient (Wildman–Crippen LogP) is 6.85. The predicted molar refractivity (Wildman–Crippen MR) is 84.6 cm³/mol. The summed E-state index contributed by atoms with van der Waals surface area (Å²) in [5.74, 6) is 0. The van der Waals surface area contributed by atoms with Gasteiger partial charge in [0.1, 0.15) is 0 Å². The van der Waals surface area contributed by atoms with Crippen molar-refractivity contribution in [3.63, 3.8) is 0 Å². The van der Waals surface area contributed by atoms with Gasteiger partial charge in [-0.3, -0.25) is 0 Å². The molecule has 104 valence electrons. The topological polar surface area (TPSA) is 0 Å². The summed E-state index contributed by atoms with van der Waals surface area (Å²) in [6, 6.07) is 2.21. The summed E-state index contributed by atoms with van der Waals surface area (Å²) in [5.41, 5.74) is 0. The molecule has 0 rings (SSSR count). The molecule has 3 heteroatoms. The molecule has 0 nitrogen and oxygen atoms in total. The summed E-state index contributed by atoms with van der Waals surface area (Å²) >= 11 is 12.9. The maximum Gasteiger partial charge on any atom is 0.251 e. The molecule has 0 amide bonds. The maximum atomic E-state index is 6.46. The molecule has 0 saturated heterocycles. The molecule has 0 aliphatic rings. The molecule has 0 heterocycles. The lowest BCUT2D eigenvalue weighted by Crippen LogP contribution is -2.18. The van der Waals surface area contributed by atoms with Gasteiger partial charge in [0.15, 0.2) is 0 Å². The molecule has 0 aliphatic heterocycles. The Hall–Kier alpha value is 0.797. The first kappa shape index (κ1) is 17.8. The van der Waals surface area contributed by atoms with Crippen molar-refractivity contribution in [1.29, 1.82) is 0 Å². The number of hydrogen-bond acceptors (Lipinski definition) is 0. The molecule has 0 fully saturated rings. The van der Waals surface area contributed by atoms with E-state index < -0.39 is 6.69 Å². The van der Waals surface area contributed by atoms with Gasteiger partial charge in [-0.2, -0.15) is 0 Å². The van der Waals surface area contributed by atoms with Crippen LogP contribution in [0.4, 0.5) is 0 Å². The van der Waals surface area contributed by atoms with Crippen molar-refractivity contribution in [1.82, 2.24) is 0 Å². The summed E-state index contributed by atoms with van der Waals surface area (Å²) in [4.78, 5) is 0. The smallest absolute Gasteiger partial charge is 0.146 e. The molecule has 0 bridgehead atoms. The monoisotopic (exact) mass is 296 g/mol. The Morgan fingerprint density at radius 2 is 0.941 bits per heavy atom. The van der Waals surface area contributed by atoms with Crippen LogP contribution in [0.15, 0.2) is 0 Å². The van der Waals surface area contributed by atoms with E-state index in [9.17, 15) is 0 Å². The lowest BCUT2D eigenvalue weighted by molar-refractivity contribution is 0.622. The summed E-state index contributed by atoms with van der Waals surface area (Å²) in [6.45, 7) is 2.62. The molecule has 0 N–H and O–H groups in total. The fourth-order valence-corrected chi connectivity index (χ4v) is 5.49. The van der Waals surface area contributed by atoms with Crippen LogP contribution in [-0.2, 0) is 0 Å². The van der Waals surface area contributed by atoms with Gasteiger partial charge in [-0.05, 0) is 12.1 Å². The average molecular weight is 297 g/mol. The minimum atomic E-state index is -1.88. The second-order valence-corrected chi connectivity index (χ2v) is 12.8. The maximum absolute atomic E-state index is 6.46. The van der Waals surface area contributed by atoms with E-state index in [1.165, 1.54) is 64.2 Å². The molecular formula is C14H30Cl2Si. The van der Waals surface area contributed by atoms with Gasteiger partial charge in [0.25, 0.3) is 6.69 Å². The van der Waals surface area contributed by atoms with E-state index in [4.69, 9.17) is 22.2 Å². The largest absolute Gasteiger partial charge is 0.251 e. The molecule has 0 spiro atoms. The van der Waals surface area contributed by atoms with Gasteiger partial charge in [-0.25, -0.2) is 0 Å². The molecule has 0 saturated carbocycles. The minimum absolute atomic E-state index is 1.10. The lowest BCUT2D eigenvalue weighted by atomic mass is 10.1. The van der Waals surface area contributed by atoms with Crippen molar-refractivity contribution in [3.8, 4) is 0 Å². The zero-order chi connectivity index (χ0) is 13.0. The molecule has 0 radical (unpaired) electrons. The van der Waals surface area contributed by atoms with Crippen molar-refractivity contribution in [2.45, 2.75) is 90.1 Å². The normalized spacial score (nSPS) is 12.0. The molecule has 0 aromatic carbocycles. The fourth-order valence-electron chi connectivity index (χ4n) is 2.10. The van der Waals surface area contributed by atoms with Crippen molar-refractivity contribution < 1.29 is 0 Å². The quantitative estimate of drug-likeness (QED) is 0.210. The number of unbranched alkanes of at least 4 members (excludes halogenated alkanes) is 8. The van der Waals surface area contributed by atoms with Gasteiger partial charge in [0.2, 0.25) is 0 Å². The highest BCUT2D eigenvalue weighted by atomic mass is 35.7. The highest BCUT2D eigenvalue weighted by Gasteiger charge is 2.26. The molecule has 0 atom stereocenters. The third kappa shape index (κ3) is 13.0. The van der Waals surface area contributed by atoms with E-state index in [1.807, 2.05) is 0 Å². The lowest BCUT2D eigenvalue weighted by Gasteiger charge is -2.16. The van der Waals surface area contributed by atoms with Crippen LogP contribution in [0, 0.1) is 0 Å². The summed E-state index contributed by atoms with van der Waals surface area (Å²) in [6.07, 6.45) is 13.2. The van der Waals surface area contributed by atoms with Crippen molar-refractivity contribution in [3.05, 3.63) is 0 Å². The van der Waals surface area contributed by atoms with Crippen molar-refractivity contribution in [2.75, 3.05) is 0 Å². The fraction of sp³-hybridized carbons (Fsp3) is 1.00. The van der Waals surface area contributed by atoms with Gasteiger partial charge < -0.3 is 0 Å².